The lowest BCUT2D eigenvalue weighted by Gasteiger charge is -2.43. The Kier molecular flexibility index (Phi) is 7.44. The van der Waals surface area contributed by atoms with E-state index in [-0.39, 0.29) is 22.3 Å². The van der Waals surface area contributed by atoms with E-state index in [1.807, 2.05) is 20.8 Å². The van der Waals surface area contributed by atoms with Gasteiger partial charge in [0.2, 0.25) is 0 Å². The maximum atomic E-state index is 11.8. The van der Waals surface area contributed by atoms with Crippen LogP contribution in [0.4, 0.5) is 4.79 Å². The fourth-order valence-electron chi connectivity index (χ4n) is 2.15. The van der Waals surface area contributed by atoms with E-state index in [2.05, 4.69) is 44.5 Å². The summed E-state index contributed by atoms with van der Waals surface area (Å²) in [5.41, 5.74) is -0.563. The van der Waals surface area contributed by atoms with E-state index in [4.69, 9.17) is 26.1 Å². The van der Waals surface area contributed by atoms with Gasteiger partial charge in [-0.05, 0) is 57.5 Å². The van der Waals surface area contributed by atoms with Gasteiger partial charge in [0.05, 0.1) is 18.8 Å². The summed E-state index contributed by atoms with van der Waals surface area (Å²) in [4.78, 5) is 11.8. The van der Waals surface area contributed by atoms with Crippen molar-refractivity contribution in [2.24, 2.45) is 0 Å². The molecule has 2 atom stereocenters. The van der Waals surface area contributed by atoms with Crippen LogP contribution in [0.3, 0.4) is 0 Å². The van der Waals surface area contributed by atoms with E-state index in [1.54, 1.807) is 0 Å². The molecule has 1 aliphatic heterocycles. The summed E-state index contributed by atoms with van der Waals surface area (Å²) < 4.78 is 17.3. The first-order valence-corrected chi connectivity index (χ1v) is 12.1. The van der Waals surface area contributed by atoms with Gasteiger partial charge in [0, 0.05) is 6.61 Å². The van der Waals surface area contributed by atoms with Crippen molar-refractivity contribution < 1.29 is 18.7 Å². The number of amides is 1. The number of carbonyl (C=O) groups is 1. The Hall–Kier alpha value is -0.703. The highest BCUT2D eigenvalue weighted by Gasteiger charge is 2.41. The number of hydrogen-bond acceptors (Lipinski definition) is 5. The molecule has 1 rings (SSSR count). The van der Waals surface area contributed by atoms with Crippen LogP contribution in [0.2, 0.25) is 18.1 Å². The Morgan fingerprint density at radius 2 is 1.80 bits per heavy atom. The highest BCUT2D eigenvalue weighted by atomic mass is 32.1. The minimum absolute atomic E-state index is 0.00492. The normalized spacial score (nSPS) is 22.2. The number of carbonyl (C=O) groups excluding carboxylic acids is 1. The number of hydrogen-bond donors (Lipinski definition) is 2. The maximum Gasteiger partial charge on any atom is 0.413 e. The molecule has 1 saturated heterocycles. The molecule has 1 aliphatic rings. The van der Waals surface area contributed by atoms with Crippen LogP contribution in [-0.4, -0.2) is 50.5 Å². The fraction of sp³-hybridized carbons (Fsp3) is 0.882. The van der Waals surface area contributed by atoms with Gasteiger partial charge in [-0.3, -0.25) is 5.32 Å². The third-order valence-electron chi connectivity index (χ3n) is 4.49. The highest BCUT2D eigenvalue weighted by molar-refractivity contribution is 7.80. The van der Waals surface area contributed by atoms with Gasteiger partial charge >= 0.3 is 6.09 Å². The van der Waals surface area contributed by atoms with Gasteiger partial charge in [-0.1, -0.05) is 20.8 Å². The van der Waals surface area contributed by atoms with Gasteiger partial charge in [-0.2, -0.15) is 0 Å². The second-order valence-electron chi connectivity index (χ2n) is 8.99. The molecule has 0 aromatic heterocycles. The van der Waals surface area contributed by atoms with Gasteiger partial charge in [0.1, 0.15) is 5.60 Å². The largest absolute Gasteiger partial charge is 0.444 e. The summed E-state index contributed by atoms with van der Waals surface area (Å²) in [7, 11) is -1.92. The number of nitrogens with one attached hydrogen (secondary N) is 2. The molecule has 0 saturated carbocycles. The minimum Gasteiger partial charge on any atom is -0.444 e. The molecule has 146 valence electrons. The standard InChI is InChI=1S/C17H34N2O4SSi/c1-16(2,3)22-15(20)19-14(24)18-12-9-10-21-11-13(12)23-25(7,8)17(4,5)6/h12-13H,9-11H2,1-8H3,(H2,18,19,20,24). The zero-order valence-electron chi connectivity index (χ0n) is 16.8. The Morgan fingerprint density at radius 3 is 2.32 bits per heavy atom. The summed E-state index contributed by atoms with van der Waals surface area (Å²) in [5, 5.41) is 6.14. The smallest absolute Gasteiger partial charge is 0.413 e. The molecule has 1 heterocycles. The van der Waals surface area contributed by atoms with Crippen molar-refractivity contribution in [1.29, 1.82) is 0 Å². The van der Waals surface area contributed by atoms with E-state index < -0.39 is 20.0 Å². The van der Waals surface area contributed by atoms with E-state index in [0.717, 1.165) is 6.42 Å². The predicted octanol–water partition coefficient (Wildman–Crippen LogP) is 3.56. The van der Waals surface area contributed by atoms with Gasteiger partial charge < -0.3 is 19.2 Å². The number of rotatable bonds is 3. The number of ether oxygens (including phenoxy) is 2. The molecule has 0 aromatic rings. The molecule has 6 nitrogen and oxygen atoms in total. The molecule has 2 N–H and O–H groups in total. The molecule has 0 aliphatic carbocycles. The van der Waals surface area contributed by atoms with Gasteiger partial charge in [0.25, 0.3) is 0 Å². The summed E-state index contributed by atoms with van der Waals surface area (Å²) in [6.07, 6.45) is 0.127. The quantitative estimate of drug-likeness (QED) is 0.567. The fourth-order valence-corrected chi connectivity index (χ4v) is 3.73. The van der Waals surface area contributed by atoms with Crippen LogP contribution in [0.15, 0.2) is 0 Å². The Labute approximate surface area is 158 Å². The zero-order chi connectivity index (χ0) is 19.5. The van der Waals surface area contributed by atoms with Crippen molar-refractivity contribution in [3.05, 3.63) is 0 Å². The molecule has 0 bridgehead atoms. The third-order valence-corrected chi connectivity index (χ3v) is 9.21. The Bertz CT molecular complexity index is 486. The van der Waals surface area contributed by atoms with Crippen molar-refractivity contribution in [3.8, 4) is 0 Å². The van der Waals surface area contributed by atoms with E-state index in [1.165, 1.54) is 0 Å². The molecule has 1 fully saturated rings. The van der Waals surface area contributed by atoms with Crippen molar-refractivity contribution in [2.75, 3.05) is 13.2 Å². The van der Waals surface area contributed by atoms with E-state index >= 15 is 0 Å². The maximum absolute atomic E-state index is 11.8. The second kappa shape index (κ2) is 8.33. The van der Waals surface area contributed by atoms with Crippen LogP contribution in [0, 0.1) is 0 Å². The molecule has 0 spiro atoms. The average Bonchev–Trinajstić information content (AvgIpc) is 2.36. The second-order valence-corrected chi connectivity index (χ2v) is 14.2. The topological polar surface area (TPSA) is 68.8 Å². The van der Waals surface area contributed by atoms with Crippen molar-refractivity contribution in [1.82, 2.24) is 10.6 Å². The van der Waals surface area contributed by atoms with Crippen LogP contribution in [-0.2, 0) is 13.9 Å². The molecule has 2 unspecified atom stereocenters. The van der Waals surface area contributed by atoms with Crippen LogP contribution in [0.5, 0.6) is 0 Å². The first-order valence-electron chi connectivity index (χ1n) is 8.77. The molecular weight excluding hydrogens is 356 g/mol. The monoisotopic (exact) mass is 390 g/mol. The van der Waals surface area contributed by atoms with Crippen LogP contribution in [0.1, 0.15) is 48.0 Å². The third kappa shape index (κ3) is 7.60. The van der Waals surface area contributed by atoms with Crippen LogP contribution < -0.4 is 10.6 Å². The van der Waals surface area contributed by atoms with E-state index in [0.29, 0.717) is 13.2 Å². The van der Waals surface area contributed by atoms with Gasteiger partial charge in [-0.25, -0.2) is 4.79 Å². The first kappa shape index (κ1) is 22.3. The number of thiocarbonyl (C=S) groups is 1. The predicted molar refractivity (Wildman–Crippen MR) is 106 cm³/mol. The van der Waals surface area contributed by atoms with Crippen molar-refractivity contribution in [2.45, 2.75) is 83.8 Å². The summed E-state index contributed by atoms with van der Waals surface area (Å²) in [6.45, 7) is 17.7. The molecule has 8 heteroatoms. The lowest BCUT2D eigenvalue weighted by Crippen LogP contribution is -2.57. The Balaban J connectivity index is 2.65. The molecule has 0 aromatic carbocycles. The molecule has 25 heavy (non-hydrogen) atoms. The van der Waals surface area contributed by atoms with Crippen molar-refractivity contribution in [3.63, 3.8) is 0 Å². The molecular formula is C17H34N2O4SSi. The highest BCUT2D eigenvalue weighted by Crippen LogP contribution is 2.38. The summed E-state index contributed by atoms with van der Waals surface area (Å²) in [5.74, 6) is 0. The lowest BCUT2D eigenvalue weighted by molar-refractivity contribution is -0.0166. The molecule has 0 radical (unpaired) electrons. The summed E-state index contributed by atoms with van der Waals surface area (Å²) >= 11 is 5.26. The van der Waals surface area contributed by atoms with Crippen molar-refractivity contribution >= 4 is 31.7 Å². The average molecular weight is 391 g/mol. The Morgan fingerprint density at radius 1 is 1.20 bits per heavy atom. The molecule has 1 amide bonds. The van der Waals surface area contributed by atoms with E-state index in [9.17, 15) is 4.79 Å². The number of alkyl carbamates (subject to hydrolysis) is 1. The summed E-state index contributed by atoms with van der Waals surface area (Å²) in [6, 6.07) is 0.00492. The van der Waals surface area contributed by atoms with Crippen LogP contribution in [0.25, 0.3) is 0 Å². The van der Waals surface area contributed by atoms with Gasteiger partial charge in [0.15, 0.2) is 13.4 Å². The first-order chi connectivity index (χ1) is 11.2. The van der Waals surface area contributed by atoms with Crippen LogP contribution >= 0.6 is 12.2 Å². The SMILES string of the molecule is CC(C)(C)OC(=O)NC(=S)NC1CCOCC1O[Si](C)(C)C(C)(C)C. The minimum atomic E-state index is -1.92. The lowest BCUT2D eigenvalue weighted by atomic mass is 10.1. The van der Waals surface area contributed by atoms with Gasteiger partial charge in [-0.15, -0.1) is 0 Å². The zero-order valence-corrected chi connectivity index (χ0v) is 18.6.